The van der Waals surface area contributed by atoms with Gasteiger partial charge in [-0.3, -0.25) is 4.57 Å². The van der Waals surface area contributed by atoms with Crippen LogP contribution < -0.4 is 9.47 Å². The number of halogens is 1. The molecule has 1 aliphatic rings. The Morgan fingerprint density at radius 3 is 2.34 bits per heavy atom. The van der Waals surface area contributed by atoms with Crippen LogP contribution in [0.3, 0.4) is 0 Å². The zero-order valence-corrected chi connectivity index (χ0v) is 21.3. The van der Waals surface area contributed by atoms with Crippen LogP contribution in [-0.2, 0) is 20.3 Å². The normalized spacial score (nSPS) is 17.8. The molecule has 4 heterocycles. The Morgan fingerprint density at radius 1 is 1.11 bits per heavy atom. The third kappa shape index (κ3) is 5.07. The topological polar surface area (TPSA) is 144 Å². The van der Waals surface area contributed by atoms with Crippen LogP contribution in [0.15, 0.2) is 18.7 Å². The molecule has 1 aliphatic heterocycles. The molecular weight excluding hydrogens is 498 g/mol. The Kier molecular flexibility index (Phi) is 7.47. The lowest BCUT2D eigenvalue weighted by atomic mass is 10.1. The van der Waals surface area contributed by atoms with Crippen LogP contribution in [0.25, 0.3) is 5.69 Å². The summed E-state index contributed by atoms with van der Waals surface area (Å²) in [7, 11) is -0.846. The maximum Gasteiger partial charge on any atom is 0.245 e. The van der Waals surface area contributed by atoms with E-state index in [1.165, 1.54) is 32.9 Å². The average Bonchev–Trinajstić information content (AvgIpc) is 3.52. The summed E-state index contributed by atoms with van der Waals surface area (Å²) in [6.45, 7) is 3.94. The van der Waals surface area contributed by atoms with E-state index in [9.17, 15) is 8.42 Å². The average molecular weight is 524 g/mol. The molecular formula is C21H26ClN7O5S. The Morgan fingerprint density at radius 2 is 1.77 bits per heavy atom. The van der Waals surface area contributed by atoms with E-state index in [1.54, 1.807) is 18.4 Å². The van der Waals surface area contributed by atoms with Crippen LogP contribution in [0.1, 0.15) is 56.2 Å². The van der Waals surface area contributed by atoms with Gasteiger partial charge in [0, 0.05) is 24.9 Å². The van der Waals surface area contributed by atoms with Gasteiger partial charge in [0.25, 0.3) is 0 Å². The molecule has 1 fully saturated rings. The first-order valence-corrected chi connectivity index (χ1v) is 13.0. The molecule has 0 amide bonds. The predicted molar refractivity (Wildman–Crippen MR) is 126 cm³/mol. The maximum atomic E-state index is 13.5. The van der Waals surface area contributed by atoms with Gasteiger partial charge in [0.2, 0.25) is 11.8 Å². The zero-order chi connectivity index (χ0) is 25.2. The lowest BCUT2D eigenvalue weighted by Gasteiger charge is -2.20. The van der Waals surface area contributed by atoms with E-state index in [-0.39, 0.29) is 23.7 Å². The minimum Gasteiger partial charge on any atom is -0.479 e. The highest BCUT2D eigenvalue weighted by atomic mass is 35.5. The van der Waals surface area contributed by atoms with Gasteiger partial charge in [0.1, 0.15) is 24.0 Å². The van der Waals surface area contributed by atoms with E-state index in [0.29, 0.717) is 35.4 Å². The summed E-state index contributed by atoms with van der Waals surface area (Å²) in [5.74, 6) is 0.449. The Balaban J connectivity index is 1.76. The summed E-state index contributed by atoms with van der Waals surface area (Å²) in [5, 5.41) is 8.09. The van der Waals surface area contributed by atoms with Crippen molar-refractivity contribution in [2.24, 2.45) is 0 Å². The van der Waals surface area contributed by atoms with Crippen molar-refractivity contribution in [2.75, 3.05) is 20.8 Å². The Hall–Kier alpha value is -2.90. The predicted octanol–water partition coefficient (Wildman–Crippen LogP) is 2.48. The van der Waals surface area contributed by atoms with E-state index >= 15 is 0 Å². The Labute approximate surface area is 208 Å². The van der Waals surface area contributed by atoms with Crippen LogP contribution in [0, 0.1) is 0 Å². The van der Waals surface area contributed by atoms with Gasteiger partial charge >= 0.3 is 0 Å². The second-order valence-corrected chi connectivity index (χ2v) is 10.9. The molecule has 0 saturated carbocycles. The number of hydrogen-bond acceptors (Lipinski definition) is 11. The van der Waals surface area contributed by atoms with Crippen molar-refractivity contribution in [3.8, 4) is 17.4 Å². The van der Waals surface area contributed by atoms with Crippen molar-refractivity contribution in [2.45, 2.75) is 49.7 Å². The molecule has 0 aromatic carbocycles. The van der Waals surface area contributed by atoms with Crippen LogP contribution in [0.4, 0.5) is 0 Å². The molecule has 0 aliphatic carbocycles. The van der Waals surface area contributed by atoms with Crippen LogP contribution in [-0.4, -0.2) is 69.2 Å². The van der Waals surface area contributed by atoms with Gasteiger partial charge in [-0.05, 0) is 19.8 Å². The fraction of sp³-hybridized carbons (Fsp3) is 0.524. The molecule has 3 atom stereocenters. The van der Waals surface area contributed by atoms with E-state index in [4.69, 9.17) is 25.8 Å². The van der Waals surface area contributed by atoms with Crippen molar-refractivity contribution in [1.29, 1.82) is 0 Å². The third-order valence-corrected chi connectivity index (χ3v) is 8.38. The van der Waals surface area contributed by atoms with E-state index in [2.05, 4.69) is 30.1 Å². The highest BCUT2D eigenvalue weighted by Gasteiger charge is 2.35. The van der Waals surface area contributed by atoms with Gasteiger partial charge in [-0.25, -0.2) is 18.4 Å². The molecule has 188 valence electrons. The number of aromatic nitrogens is 7. The van der Waals surface area contributed by atoms with Gasteiger partial charge in [-0.15, -0.1) is 10.2 Å². The van der Waals surface area contributed by atoms with Gasteiger partial charge in [-0.1, -0.05) is 18.5 Å². The number of sulfone groups is 1. The van der Waals surface area contributed by atoms with E-state index < -0.39 is 26.8 Å². The number of nitrogens with zero attached hydrogens (tertiary/aromatic N) is 7. The third-order valence-electron chi connectivity index (χ3n) is 5.99. The van der Waals surface area contributed by atoms with Crippen molar-refractivity contribution >= 4 is 21.4 Å². The van der Waals surface area contributed by atoms with Gasteiger partial charge in [0.15, 0.2) is 27.2 Å². The van der Waals surface area contributed by atoms with E-state index in [1.807, 2.05) is 0 Å². The summed E-state index contributed by atoms with van der Waals surface area (Å²) >= 11 is 5.87. The van der Waals surface area contributed by atoms with Crippen molar-refractivity contribution in [3.63, 3.8) is 0 Å². The van der Waals surface area contributed by atoms with Crippen LogP contribution >= 0.6 is 11.6 Å². The maximum absolute atomic E-state index is 13.5. The SMILES string of the molecule is COc1ncnc(OC)c1-n1c(CS(=O)(=O)[C@@H](C)[C@H](C)c2ncc(Cl)cn2)nnc1[C@@H]1CCCO1. The summed E-state index contributed by atoms with van der Waals surface area (Å²) in [4.78, 5) is 16.7. The smallest absolute Gasteiger partial charge is 0.245 e. The highest BCUT2D eigenvalue weighted by molar-refractivity contribution is 7.91. The highest BCUT2D eigenvalue weighted by Crippen LogP contribution is 2.36. The standard InChI is InChI=1S/C21H26ClN7O5S/c1-12(18-23-8-14(22)9-24-18)13(2)35(30,31)10-16-27-28-19(15-6-5-7-34-15)29(16)17-20(32-3)25-11-26-21(17)33-4/h8-9,11-13,15H,5-7,10H2,1-4H3/t12-,13-,15-/m0/s1. The molecule has 3 aromatic heterocycles. The van der Waals surface area contributed by atoms with Crippen LogP contribution in [0.5, 0.6) is 11.8 Å². The molecule has 0 unspecified atom stereocenters. The second kappa shape index (κ2) is 10.4. The molecule has 0 radical (unpaired) electrons. The number of methoxy groups -OCH3 is 2. The second-order valence-electron chi connectivity index (χ2n) is 8.11. The summed E-state index contributed by atoms with van der Waals surface area (Å²) in [5.41, 5.74) is 0.305. The lowest BCUT2D eigenvalue weighted by Crippen LogP contribution is -2.27. The number of hydrogen-bond donors (Lipinski definition) is 0. The monoisotopic (exact) mass is 523 g/mol. The van der Waals surface area contributed by atoms with Gasteiger partial charge in [0.05, 0.1) is 24.5 Å². The number of ether oxygens (including phenoxy) is 3. The molecule has 0 N–H and O–H groups in total. The molecule has 14 heteroatoms. The largest absolute Gasteiger partial charge is 0.479 e. The first kappa shape index (κ1) is 25.2. The Bertz CT molecular complexity index is 1260. The summed E-state index contributed by atoms with van der Waals surface area (Å²) in [6, 6.07) is 0. The first-order valence-electron chi connectivity index (χ1n) is 10.9. The van der Waals surface area contributed by atoms with Gasteiger partial charge in [-0.2, -0.15) is 9.97 Å². The molecule has 4 rings (SSSR count). The molecule has 0 bridgehead atoms. The lowest BCUT2D eigenvalue weighted by molar-refractivity contribution is 0.103. The summed E-state index contributed by atoms with van der Waals surface area (Å²) < 4.78 is 45.3. The number of rotatable bonds is 9. The van der Waals surface area contributed by atoms with E-state index in [0.717, 1.165) is 6.42 Å². The van der Waals surface area contributed by atoms with Gasteiger partial charge < -0.3 is 14.2 Å². The van der Waals surface area contributed by atoms with Crippen molar-refractivity contribution in [3.05, 3.63) is 41.2 Å². The first-order chi connectivity index (χ1) is 16.8. The minimum atomic E-state index is -3.75. The van der Waals surface area contributed by atoms with Crippen molar-refractivity contribution in [1.82, 2.24) is 34.7 Å². The minimum absolute atomic E-state index is 0.165. The van der Waals surface area contributed by atoms with Crippen LogP contribution in [0.2, 0.25) is 5.02 Å². The fourth-order valence-corrected chi connectivity index (χ4v) is 5.54. The molecule has 3 aromatic rings. The summed E-state index contributed by atoms with van der Waals surface area (Å²) in [6.07, 6.45) is 5.37. The molecule has 1 saturated heterocycles. The van der Waals surface area contributed by atoms with Crippen molar-refractivity contribution < 1.29 is 22.6 Å². The quantitative estimate of drug-likeness (QED) is 0.407. The molecule has 12 nitrogen and oxygen atoms in total. The zero-order valence-electron chi connectivity index (χ0n) is 19.8. The fourth-order valence-electron chi connectivity index (χ4n) is 3.88. The molecule has 35 heavy (non-hydrogen) atoms. The molecule has 0 spiro atoms.